The summed E-state index contributed by atoms with van der Waals surface area (Å²) in [6.45, 7) is 2.25. The van der Waals surface area contributed by atoms with Gasteiger partial charge in [-0.3, -0.25) is 14.9 Å². The summed E-state index contributed by atoms with van der Waals surface area (Å²) in [7, 11) is 0. The number of hydrogen-bond acceptors (Lipinski definition) is 7. The number of rotatable bonds is 4. The van der Waals surface area contributed by atoms with Gasteiger partial charge in [0.25, 0.3) is 5.69 Å². The lowest BCUT2D eigenvalue weighted by molar-refractivity contribution is -0.384. The normalized spacial score (nSPS) is 19.1. The van der Waals surface area contributed by atoms with Crippen LogP contribution in [0, 0.1) is 17.0 Å². The van der Waals surface area contributed by atoms with Crippen LogP contribution in [0.3, 0.4) is 0 Å². The molecule has 0 spiro atoms. The summed E-state index contributed by atoms with van der Waals surface area (Å²) in [4.78, 5) is 35.1. The Hall–Kier alpha value is -3.52. The zero-order valence-corrected chi connectivity index (χ0v) is 15.5. The fraction of sp³-hybridized carbons (Fsp3) is 0.238. The van der Waals surface area contributed by atoms with E-state index >= 15 is 0 Å². The molecule has 8 heteroatoms. The fourth-order valence-electron chi connectivity index (χ4n) is 3.26. The predicted molar refractivity (Wildman–Crippen MR) is 102 cm³/mol. The van der Waals surface area contributed by atoms with E-state index in [9.17, 15) is 19.7 Å². The van der Waals surface area contributed by atoms with Crippen LogP contribution in [0.25, 0.3) is 6.08 Å². The molecular formula is C21H17NO7. The van der Waals surface area contributed by atoms with Crippen molar-refractivity contribution in [2.24, 2.45) is 0 Å². The number of allylic oxidation sites excluding steroid dienone is 1. The number of hydrogen-bond donors (Lipinski definition) is 0. The van der Waals surface area contributed by atoms with Crippen molar-refractivity contribution in [1.82, 2.24) is 0 Å². The number of nitrogens with zero attached hydrogens (tertiary/aromatic N) is 1. The molecule has 0 amide bonds. The van der Waals surface area contributed by atoms with Crippen molar-refractivity contribution < 1.29 is 28.7 Å². The van der Waals surface area contributed by atoms with Gasteiger partial charge in [-0.25, -0.2) is 4.79 Å². The first kappa shape index (κ1) is 18.8. The third kappa shape index (κ3) is 3.62. The van der Waals surface area contributed by atoms with Crippen molar-refractivity contribution in [1.29, 1.82) is 0 Å². The van der Waals surface area contributed by atoms with Gasteiger partial charge in [-0.2, -0.15) is 0 Å². The summed E-state index contributed by atoms with van der Waals surface area (Å²) in [5, 5.41) is 10.8. The summed E-state index contributed by atoms with van der Waals surface area (Å²) >= 11 is 0. The van der Waals surface area contributed by atoms with Gasteiger partial charge in [-0.15, -0.1) is 0 Å². The first-order chi connectivity index (χ1) is 13.9. The SMILES string of the molecule is Cc1c(OC(=O)C2CCCO2)ccc2c1O/C(=C\c1ccc([N+](=O)[O-])cc1)C2=O. The molecule has 1 fully saturated rings. The molecule has 0 radical (unpaired) electrons. The van der Waals surface area contributed by atoms with Gasteiger partial charge in [0.2, 0.25) is 5.78 Å². The Kier molecular flexibility index (Phi) is 4.85. The molecule has 0 aliphatic carbocycles. The van der Waals surface area contributed by atoms with E-state index < -0.39 is 17.0 Å². The van der Waals surface area contributed by atoms with Crippen molar-refractivity contribution in [3.05, 3.63) is 69.0 Å². The molecule has 0 bridgehead atoms. The molecule has 8 nitrogen and oxygen atoms in total. The smallest absolute Gasteiger partial charge is 0.340 e. The number of nitro groups is 1. The van der Waals surface area contributed by atoms with Crippen LogP contribution < -0.4 is 9.47 Å². The number of carbonyl (C=O) groups excluding carboxylic acids is 2. The van der Waals surface area contributed by atoms with E-state index in [4.69, 9.17) is 14.2 Å². The van der Waals surface area contributed by atoms with Crippen LogP contribution in [-0.4, -0.2) is 29.4 Å². The van der Waals surface area contributed by atoms with Crippen LogP contribution in [0.1, 0.15) is 34.3 Å². The highest BCUT2D eigenvalue weighted by molar-refractivity contribution is 6.15. The molecule has 0 N–H and O–H groups in total. The van der Waals surface area contributed by atoms with Gasteiger partial charge in [0, 0.05) is 24.3 Å². The Balaban J connectivity index is 1.56. The minimum absolute atomic E-state index is 0.0392. The third-order valence-corrected chi connectivity index (χ3v) is 4.84. The molecular weight excluding hydrogens is 378 g/mol. The maximum absolute atomic E-state index is 12.6. The molecule has 29 heavy (non-hydrogen) atoms. The standard InChI is InChI=1S/C21H17NO7/c1-12-16(29-21(24)17-3-2-10-27-17)9-8-15-19(23)18(28-20(12)15)11-13-4-6-14(7-5-13)22(25)26/h4-9,11,17H,2-3,10H2,1H3/b18-11-. The zero-order valence-electron chi connectivity index (χ0n) is 15.5. The zero-order chi connectivity index (χ0) is 20.5. The van der Waals surface area contributed by atoms with Crippen LogP contribution in [-0.2, 0) is 9.53 Å². The number of benzene rings is 2. The van der Waals surface area contributed by atoms with Crippen LogP contribution in [0.4, 0.5) is 5.69 Å². The van der Waals surface area contributed by atoms with Crippen molar-refractivity contribution in [2.45, 2.75) is 25.9 Å². The topological polar surface area (TPSA) is 105 Å². The predicted octanol–water partition coefficient (Wildman–Crippen LogP) is 3.60. The Labute approximate surface area is 165 Å². The number of ketones is 1. The van der Waals surface area contributed by atoms with E-state index in [1.165, 1.54) is 30.3 Å². The highest BCUT2D eigenvalue weighted by Gasteiger charge is 2.32. The first-order valence-electron chi connectivity index (χ1n) is 9.09. The van der Waals surface area contributed by atoms with Gasteiger partial charge in [0.15, 0.2) is 11.9 Å². The summed E-state index contributed by atoms with van der Waals surface area (Å²) in [6, 6.07) is 8.90. The highest BCUT2D eigenvalue weighted by atomic mass is 16.6. The molecule has 0 saturated carbocycles. The molecule has 2 aromatic rings. The number of carbonyl (C=O) groups is 2. The second-order valence-electron chi connectivity index (χ2n) is 6.78. The van der Waals surface area contributed by atoms with Crippen LogP contribution in [0.5, 0.6) is 11.5 Å². The molecule has 1 saturated heterocycles. The Bertz CT molecular complexity index is 1030. The third-order valence-electron chi connectivity index (χ3n) is 4.84. The molecule has 2 aromatic carbocycles. The van der Waals surface area contributed by atoms with Gasteiger partial charge in [-0.05, 0) is 55.7 Å². The quantitative estimate of drug-likeness (QED) is 0.256. The fourth-order valence-corrected chi connectivity index (χ4v) is 3.26. The number of esters is 1. The van der Waals surface area contributed by atoms with Gasteiger partial charge in [-0.1, -0.05) is 0 Å². The highest BCUT2D eigenvalue weighted by Crippen LogP contribution is 2.39. The van der Waals surface area contributed by atoms with Crippen molar-refractivity contribution in [2.75, 3.05) is 6.61 Å². The lowest BCUT2D eigenvalue weighted by Crippen LogP contribution is -2.25. The number of Topliss-reactive ketones (excluding diaryl/α,β-unsaturated/α-hetero) is 1. The maximum Gasteiger partial charge on any atom is 0.340 e. The largest absolute Gasteiger partial charge is 0.452 e. The molecule has 2 heterocycles. The number of ether oxygens (including phenoxy) is 3. The van der Waals surface area contributed by atoms with E-state index in [1.54, 1.807) is 19.1 Å². The molecule has 0 aromatic heterocycles. The number of non-ortho nitro benzene ring substituents is 1. The Morgan fingerprint density at radius 1 is 1.24 bits per heavy atom. The molecule has 4 rings (SSSR count). The lowest BCUT2D eigenvalue weighted by Gasteiger charge is -2.12. The molecule has 2 aliphatic rings. The van der Waals surface area contributed by atoms with Gasteiger partial charge in [0.05, 0.1) is 10.5 Å². The van der Waals surface area contributed by atoms with E-state index in [2.05, 4.69) is 0 Å². The Morgan fingerprint density at radius 2 is 2.00 bits per heavy atom. The van der Waals surface area contributed by atoms with E-state index in [1.807, 2.05) is 0 Å². The van der Waals surface area contributed by atoms with Crippen LogP contribution in [0.2, 0.25) is 0 Å². The lowest BCUT2D eigenvalue weighted by atomic mass is 10.1. The summed E-state index contributed by atoms with van der Waals surface area (Å²) in [6.07, 6.45) is 2.39. The molecule has 1 atom stereocenters. The summed E-state index contributed by atoms with van der Waals surface area (Å²) in [5.41, 5.74) is 1.46. The monoisotopic (exact) mass is 395 g/mol. The summed E-state index contributed by atoms with van der Waals surface area (Å²) < 4.78 is 16.5. The van der Waals surface area contributed by atoms with Gasteiger partial charge < -0.3 is 14.2 Å². The number of fused-ring (bicyclic) bond motifs is 1. The average Bonchev–Trinajstić information content (AvgIpc) is 3.34. The van der Waals surface area contributed by atoms with Gasteiger partial charge in [0.1, 0.15) is 11.5 Å². The van der Waals surface area contributed by atoms with Gasteiger partial charge >= 0.3 is 5.97 Å². The first-order valence-corrected chi connectivity index (χ1v) is 9.09. The van der Waals surface area contributed by atoms with E-state index in [-0.39, 0.29) is 17.2 Å². The Morgan fingerprint density at radius 3 is 2.66 bits per heavy atom. The van der Waals surface area contributed by atoms with E-state index in [0.717, 1.165) is 6.42 Å². The minimum atomic E-state index is -0.567. The second kappa shape index (κ2) is 7.48. The van der Waals surface area contributed by atoms with Crippen molar-refractivity contribution >= 4 is 23.5 Å². The van der Waals surface area contributed by atoms with Crippen molar-refractivity contribution in [3.8, 4) is 11.5 Å². The number of nitro benzene ring substituents is 1. The molecule has 148 valence electrons. The second-order valence-corrected chi connectivity index (χ2v) is 6.78. The summed E-state index contributed by atoms with van der Waals surface area (Å²) in [5.74, 6) is -0.0241. The average molecular weight is 395 g/mol. The van der Waals surface area contributed by atoms with Crippen LogP contribution in [0.15, 0.2) is 42.2 Å². The van der Waals surface area contributed by atoms with E-state index in [0.29, 0.717) is 41.2 Å². The molecule has 2 aliphatic heterocycles. The molecule has 1 unspecified atom stereocenters. The minimum Gasteiger partial charge on any atom is -0.452 e. The maximum atomic E-state index is 12.6. The van der Waals surface area contributed by atoms with Crippen LogP contribution >= 0.6 is 0 Å². The van der Waals surface area contributed by atoms with Crippen molar-refractivity contribution in [3.63, 3.8) is 0 Å².